The van der Waals surface area contributed by atoms with E-state index in [4.69, 9.17) is 32.0 Å². The van der Waals surface area contributed by atoms with Crippen LogP contribution in [0.2, 0.25) is 10.0 Å². The normalized spacial score (nSPS) is 10.8. The van der Waals surface area contributed by atoms with E-state index in [2.05, 4.69) is 20.5 Å². The Morgan fingerprint density at radius 1 is 0.931 bits per heavy atom. The topological polar surface area (TPSA) is 94.0 Å². The van der Waals surface area contributed by atoms with E-state index in [1.54, 1.807) is 42.5 Å². The fourth-order valence-electron chi connectivity index (χ4n) is 2.46. The third-order valence-electron chi connectivity index (χ3n) is 3.74. The predicted molar refractivity (Wildman–Crippen MR) is 111 cm³/mol. The number of aromatic nitrogens is 3. The molecule has 0 fully saturated rings. The van der Waals surface area contributed by atoms with Gasteiger partial charge in [0.1, 0.15) is 5.69 Å². The first-order valence-corrected chi connectivity index (χ1v) is 10.0. The van der Waals surface area contributed by atoms with Crippen molar-refractivity contribution in [3.63, 3.8) is 0 Å². The molecule has 4 aromatic rings. The Balaban J connectivity index is 1.52. The van der Waals surface area contributed by atoms with Crippen molar-refractivity contribution in [2.75, 3.05) is 11.1 Å². The van der Waals surface area contributed by atoms with Crippen LogP contribution in [0, 0.1) is 0 Å². The lowest BCUT2D eigenvalue weighted by molar-refractivity contribution is -0.113. The molecule has 3 heterocycles. The maximum Gasteiger partial charge on any atom is 0.234 e. The average Bonchev–Trinajstić information content (AvgIpc) is 3.43. The van der Waals surface area contributed by atoms with E-state index in [1.165, 1.54) is 12.5 Å². The summed E-state index contributed by atoms with van der Waals surface area (Å²) in [5.41, 5.74) is 1.28. The van der Waals surface area contributed by atoms with Crippen LogP contribution in [-0.2, 0) is 4.79 Å². The van der Waals surface area contributed by atoms with E-state index in [0.29, 0.717) is 43.8 Å². The van der Waals surface area contributed by atoms with Gasteiger partial charge in [0.25, 0.3) is 0 Å². The fraction of sp³-hybridized carbons (Fsp3) is 0.0526. The van der Waals surface area contributed by atoms with Gasteiger partial charge < -0.3 is 14.2 Å². The van der Waals surface area contributed by atoms with Gasteiger partial charge in [-0.1, -0.05) is 41.0 Å². The van der Waals surface area contributed by atoms with Crippen LogP contribution in [0.3, 0.4) is 0 Å². The Hall–Kier alpha value is -2.81. The number of carbonyl (C=O) groups excluding carboxylic acids is 1. The lowest BCUT2D eigenvalue weighted by Gasteiger charge is -2.09. The quantitative estimate of drug-likeness (QED) is 0.394. The zero-order valence-electron chi connectivity index (χ0n) is 14.6. The number of para-hydroxylation sites is 1. The Morgan fingerprint density at radius 3 is 2.21 bits per heavy atom. The lowest BCUT2D eigenvalue weighted by atomic mass is 10.2. The van der Waals surface area contributed by atoms with Gasteiger partial charge >= 0.3 is 0 Å². The number of halogens is 2. The Bertz CT molecular complexity index is 1110. The van der Waals surface area contributed by atoms with Gasteiger partial charge in [0.2, 0.25) is 11.1 Å². The first-order valence-electron chi connectivity index (χ1n) is 8.31. The number of thioether (sulfide) groups is 1. The molecule has 0 unspecified atom stereocenters. The minimum Gasteiger partial charge on any atom is -0.463 e. The zero-order valence-corrected chi connectivity index (χ0v) is 17.0. The molecule has 0 bridgehead atoms. The third kappa shape index (κ3) is 4.45. The molecular weight excluding hydrogens is 435 g/mol. The number of benzene rings is 1. The van der Waals surface area contributed by atoms with Crippen molar-refractivity contribution in [3.05, 3.63) is 65.0 Å². The maximum absolute atomic E-state index is 12.3. The minimum atomic E-state index is -0.303. The molecule has 29 heavy (non-hydrogen) atoms. The van der Waals surface area contributed by atoms with E-state index in [0.717, 1.165) is 11.8 Å². The SMILES string of the molecule is O=C(CSc1nnc(-c2ccco2)c(-c2ccco2)n1)Nc1c(Cl)cccc1Cl. The number of anilines is 1. The van der Waals surface area contributed by atoms with Crippen molar-refractivity contribution < 1.29 is 13.6 Å². The molecule has 10 heteroatoms. The first-order chi connectivity index (χ1) is 14.1. The van der Waals surface area contributed by atoms with Gasteiger partial charge in [-0.3, -0.25) is 4.79 Å². The molecule has 146 valence electrons. The first kappa shape index (κ1) is 19.5. The summed E-state index contributed by atoms with van der Waals surface area (Å²) in [5, 5.41) is 12.0. The summed E-state index contributed by atoms with van der Waals surface area (Å²) in [7, 11) is 0. The molecule has 1 N–H and O–H groups in total. The largest absolute Gasteiger partial charge is 0.463 e. The fourth-order valence-corrected chi connectivity index (χ4v) is 3.54. The number of hydrogen-bond donors (Lipinski definition) is 1. The Kier molecular flexibility index (Phi) is 5.84. The minimum absolute atomic E-state index is 0.0426. The number of nitrogens with zero attached hydrogens (tertiary/aromatic N) is 3. The second kappa shape index (κ2) is 8.69. The number of hydrogen-bond acceptors (Lipinski definition) is 7. The van der Waals surface area contributed by atoms with Crippen LogP contribution in [0.1, 0.15) is 0 Å². The summed E-state index contributed by atoms with van der Waals surface area (Å²) in [6.45, 7) is 0. The summed E-state index contributed by atoms with van der Waals surface area (Å²) in [6, 6.07) is 12.0. The second-order valence-corrected chi connectivity index (χ2v) is 7.44. The zero-order chi connectivity index (χ0) is 20.2. The van der Waals surface area contributed by atoms with Crippen LogP contribution in [0.15, 0.2) is 69.0 Å². The Labute approximate surface area is 179 Å². The summed E-state index contributed by atoms with van der Waals surface area (Å²) in [5.74, 6) is 0.767. The van der Waals surface area contributed by atoms with Gasteiger partial charge in [0.05, 0.1) is 34.0 Å². The molecule has 0 aliphatic heterocycles. The average molecular weight is 447 g/mol. The molecule has 0 spiro atoms. The van der Waals surface area contributed by atoms with Crippen LogP contribution < -0.4 is 5.32 Å². The highest BCUT2D eigenvalue weighted by Crippen LogP contribution is 2.31. The molecule has 3 aromatic heterocycles. The van der Waals surface area contributed by atoms with Gasteiger partial charge in [-0.2, -0.15) is 0 Å². The second-order valence-electron chi connectivity index (χ2n) is 5.68. The summed E-state index contributed by atoms with van der Waals surface area (Å²) in [6.07, 6.45) is 3.08. The van der Waals surface area contributed by atoms with Crippen LogP contribution in [-0.4, -0.2) is 26.8 Å². The summed E-state index contributed by atoms with van der Waals surface area (Å²) < 4.78 is 10.9. The van der Waals surface area contributed by atoms with E-state index < -0.39 is 0 Å². The van der Waals surface area contributed by atoms with Crippen molar-refractivity contribution in [2.24, 2.45) is 0 Å². The van der Waals surface area contributed by atoms with Crippen molar-refractivity contribution in [1.82, 2.24) is 15.2 Å². The summed E-state index contributed by atoms with van der Waals surface area (Å²) >= 11 is 13.3. The Morgan fingerprint density at radius 2 is 1.59 bits per heavy atom. The van der Waals surface area contributed by atoms with Crippen molar-refractivity contribution >= 4 is 46.6 Å². The highest BCUT2D eigenvalue weighted by atomic mass is 35.5. The standard InChI is InChI=1S/C19H12Cl2N4O3S/c20-11-4-1-5-12(21)16(11)22-15(26)10-29-19-23-17(13-6-2-8-27-13)18(24-25-19)14-7-3-9-28-14/h1-9H,10H2,(H,22,26). The van der Waals surface area contributed by atoms with Gasteiger partial charge in [0.15, 0.2) is 17.2 Å². The highest BCUT2D eigenvalue weighted by molar-refractivity contribution is 7.99. The summed E-state index contributed by atoms with van der Waals surface area (Å²) in [4.78, 5) is 16.8. The van der Waals surface area contributed by atoms with E-state index in [9.17, 15) is 4.79 Å². The van der Waals surface area contributed by atoms with Gasteiger partial charge in [-0.15, -0.1) is 10.2 Å². The molecule has 0 radical (unpaired) electrons. The van der Waals surface area contributed by atoms with Crippen LogP contribution in [0.25, 0.3) is 22.9 Å². The molecule has 1 amide bonds. The number of rotatable bonds is 6. The number of furan rings is 2. The van der Waals surface area contributed by atoms with Crippen molar-refractivity contribution in [2.45, 2.75) is 5.16 Å². The maximum atomic E-state index is 12.3. The molecule has 0 atom stereocenters. The van der Waals surface area contributed by atoms with Crippen molar-refractivity contribution in [1.29, 1.82) is 0 Å². The number of amides is 1. The lowest BCUT2D eigenvalue weighted by Crippen LogP contribution is -2.15. The monoisotopic (exact) mass is 446 g/mol. The van der Waals surface area contributed by atoms with E-state index >= 15 is 0 Å². The van der Waals surface area contributed by atoms with E-state index in [1.807, 2.05) is 0 Å². The predicted octanol–water partition coefficient (Wildman–Crippen LogP) is 5.43. The van der Waals surface area contributed by atoms with Crippen molar-refractivity contribution in [3.8, 4) is 22.9 Å². The molecule has 7 nitrogen and oxygen atoms in total. The smallest absolute Gasteiger partial charge is 0.234 e. The van der Waals surface area contributed by atoms with Gasteiger partial charge in [0, 0.05) is 0 Å². The number of nitrogens with one attached hydrogen (secondary N) is 1. The highest BCUT2D eigenvalue weighted by Gasteiger charge is 2.18. The number of carbonyl (C=O) groups is 1. The van der Waals surface area contributed by atoms with Gasteiger partial charge in [-0.25, -0.2) is 4.98 Å². The molecular formula is C19H12Cl2N4O3S. The molecule has 1 aromatic carbocycles. The molecule has 0 aliphatic rings. The van der Waals surface area contributed by atoms with E-state index in [-0.39, 0.29) is 11.7 Å². The van der Waals surface area contributed by atoms with Crippen LogP contribution in [0.5, 0.6) is 0 Å². The van der Waals surface area contributed by atoms with Crippen LogP contribution >= 0.6 is 35.0 Å². The molecule has 4 rings (SSSR count). The third-order valence-corrected chi connectivity index (χ3v) is 5.20. The molecule has 0 saturated carbocycles. The van der Waals surface area contributed by atoms with Crippen LogP contribution in [0.4, 0.5) is 5.69 Å². The molecule has 0 aliphatic carbocycles. The molecule has 0 saturated heterocycles. The van der Waals surface area contributed by atoms with Gasteiger partial charge in [-0.05, 0) is 36.4 Å².